The van der Waals surface area contributed by atoms with Gasteiger partial charge in [0.05, 0.1) is 25.0 Å². The Bertz CT molecular complexity index is 729. The zero-order chi connectivity index (χ0) is 16.7. The molecule has 1 aromatic heterocycles. The fraction of sp³-hybridized carbons (Fsp3) is 0.471. The summed E-state index contributed by atoms with van der Waals surface area (Å²) < 4.78 is 26.9. The molecule has 3 heterocycles. The number of nitrogens with zero attached hydrogens (tertiary/aromatic N) is 2. The fourth-order valence-electron chi connectivity index (χ4n) is 3.24. The number of aromatic nitrogens is 1. The minimum Gasteiger partial charge on any atom is -0.381 e. The van der Waals surface area contributed by atoms with Crippen LogP contribution in [-0.4, -0.2) is 36.8 Å². The van der Waals surface area contributed by atoms with Crippen LogP contribution in [0, 0.1) is 13.8 Å². The van der Waals surface area contributed by atoms with Gasteiger partial charge < -0.3 is 13.9 Å². The summed E-state index contributed by atoms with van der Waals surface area (Å²) in [6.07, 6.45) is 1.88. The second-order valence-corrected chi connectivity index (χ2v) is 6.33. The molecular formula is C17H22BFN2O2. The number of halogens is 1. The molecule has 1 fully saturated rings. The maximum atomic E-state index is 14.8. The van der Waals surface area contributed by atoms with Crippen molar-refractivity contribution in [1.29, 1.82) is 0 Å². The Hall–Kier alpha value is -1.66. The summed E-state index contributed by atoms with van der Waals surface area (Å²) >= 11 is 0. The van der Waals surface area contributed by atoms with Gasteiger partial charge in [0, 0.05) is 17.1 Å². The summed E-state index contributed by atoms with van der Waals surface area (Å²) in [4.78, 5) is 4.59. The number of rotatable bonds is 4. The molecule has 2 aliphatic rings. The van der Waals surface area contributed by atoms with Crippen LogP contribution >= 0.6 is 0 Å². The normalized spacial score (nSPS) is 20.3. The molecule has 0 bridgehead atoms. The zero-order valence-corrected chi connectivity index (χ0v) is 14.3. The molecule has 2 aliphatic heterocycles. The second-order valence-electron chi connectivity index (χ2n) is 6.33. The van der Waals surface area contributed by atoms with Crippen LogP contribution < -0.4 is 0 Å². The number of hydrogen-bond acceptors (Lipinski definition) is 3. The predicted molar refractivity (Wildman–Crippen MR) is 91.3 cm³/mol. The van der Waals surface area contributed by atoms with Gasteiger partial charge in [-0.05, 0) is 63.5 Å². The average molecular weight is 316 g/mol. The van der Waals surface area contributed by atoms with Crippen molar-refractivity contribution in [1.82, 2.24) is 4.48 Å². The van der Waals surface area contributed by atoms with E-state index in [1.165, 1.54) is 0 Å². The number of aryl methyl sites for hydroxylation is 2. The lowest BCUT2D eigenvalue weighted by atomic mass is 10.0. The molecule has 6 heteroatoms. The predicted octanol–water partition coefficient (Wildman–Crippen LogP) is 3.47. The third-order valence-electron chi connectivity index (χ3n) is 4.33. The highest BCUT2D eigenvalue weighted by atomic mass is 19.1. The van der Waals surface area contributed by atoms with Crippen LogP contribution in [-0.2, 0) is 9.39 Å². The van der Waals surface area contributed by atoms with Gasteiger partial charge in [-0.1, -0.05) is 0 Å². The van der Waals surface area contributed by atoms with Crippen LogP contribution in [0.5, 0.6) is 0 Å². The molecule has 0 N–H and O–H groups in total. The smallest absolute Gasteiger partial charge is 0.381 e. The maximum Gasteiger partial charge on any atom is 0.637 e. The largest absolute Gasteiger partial charge is 0.637 e. The highest BCUT2D eigenvalue weighted by Gasteiger charge is 2.33. The molecular weight excluding hydrogens is 294 g/mol. The lowest BCUT2D eigenvalue weighted by molar-refractivity contribution is -0.0862. The van der Waals surface area contributed by atoms with Gasteiger partial charge in [0.25, 0.3) is 0 Å². The van der Waals surface area contributed by atoms with Crippen molar-refractivity contribution in [2.75, 3.05) is 13.2 Å². The van der Waals surface area contributed by atoms with E-state index < -0.39 is 7.33 Å². The monoisotopic (exact) mass is 316 g/mol. The SMILES string of the molecule is CC1=CC(C)=N/C1=C(/C)c1c(C)cc(C)n1B(F)OC1COC1. The summed E-state index contributed by atoms with van der Waals surface area (Å²) in [7, 11) is -1.51. The van der Waals surface area contributed by atoms with Crippen molar-refractivity contribution in [3.8, 4) is 0 Å². The second kappa shape index (κ2) is 6.09. The topological polar surface area (TPSA) is 35.8 Å². The molecule has 0 saturated carbocycles. The molecule has 0 unspecified atom stereocenters. The number of aliphatic imine (C=N–C) groups is 1. The van der Waals surface area contributed by atoms with Gasteiger partial charge in [0.1, 0.15) is 0 Å². The van der Waals surface area contributed by atoms with E-state index in [4.69, 9.17) is 9.39 Å². The van der Waals surface area contributed by atoms with Crippen molar-refractivity contribution < 1.29 is 13.7 Å². The van der Waals surface area contributed by atoms with Crippen LogP contribution in [0.3, 0.4) is 0 Å². The molecule has 4 nitrogen and oxygen atoms in total. The van der Waals surface area contributed by atoms with Crippen LogP contribution in [0.25, 0.3) is 5.57 Å². The average Bonchev–Trinajstić information content (AvgIpc) is 2.92. The molecule has 1 aromatic rings. The fourth-order valence-corrected chi connectivity index (χ4v) is 3.24. The van der Waals surface area contributed by atoms with Gasteiger partial charge in [0.15, 0.2) is 0 Å². The van der Waals surface area contributed by atoms with Gasteiger partial charge in [-0.25, -0.2) is 0 Å². The maximum absolute atomic E-state index is 14.8. The summed E-state index contributed by atoms with van der Waals surface area (Å²) in [5.41, 5.74) is 6.68. The summed E-state index contributed by atoms with van der Waals surface area (Å²) in [6.45, 7) is 10.8. The van der Waals surface area contributed by atoms with E-state index >= 15 is 0 Å². The Morgan fingerprint density at radius 2 is 2.04 bits per heavy atom. The van der Waals surface area contributed by atoms with Crippen molar-refractivity contribution in [3.63, 3.8) is 0 Å². The van der Waals surface area contributed by atoms with Gasteiger partial charge >= 0.3 is 7.33 Å². The standard InChI is InChI=1S/C17H22BFN2O2/c1-10-6-12(3)20-16(10)14(5)17-11(2)7-13(4)21(17)18(19)23-15-8-22-9-15/h6-7,15H,8-9H2,1-5H3/b16-14-. The van der Waals surface area contributed by atoms with Crippen molar-refractivity contribution in [3.05, 3.63) is 40.4 Å². The Morgan fingerprint density at radius 1 is 1.35 bits per heavy atom. The molecule has 0 aromatic carbocycles. The molecule has 0 atom stereocenters. The van der Waals surface area contributed by atoms with E-state index in [9.17, 15) is 4.32 Å². The Balaban J connectivity index is 2.02. The third kappa shape index (κ3) is 2.93. The molecule has 1 saturated heterocycles. The van der Waals surface area contributed by atoms with E-state index in [0.29, 0.717) is 13.2 Å². The molecule has 0 aliphatic carbocycles. The zero-order valence-electron chi connectivity index (χ0n) is 14.3. The Kier molecular flexibility index (Phi) is 4.30. The van der Waals surface area contributed by atoms with Crippen LogP contribution in [0.1, 0.15) is 37.7 Å². The Labute approximate surface area is 136 Å². The van der Waals surface area contributed by atoms with Crippen LogP contribution in [0.2, 0.25) is 0 Å². The van der Waals surface area contributed by atoms with Gasteiger partial charge in [-0.3, -0.25) is 9.31 Å². The lowest BCUT2D eigenvalue weighted by Crippen LogP contribution is -2.42. The van der Waals surface area contributed by atoms with E-state index in [-0.39, 0.29) is 6.10 Å². The first-order valence-corrected chi connectivity index (χ1v) is 7.89. The molecule has 0 radical (unpaired) electrons. The summed E-state index contributed by atoms with van der Waals surface area (Å²) in [5, 5.41) is 0. The van der Waals surface area contributed by atoms with Gasteiger partial charge in [-0.15, -0.1) is 0 Å². The van der Waals surface area contributed by atoms with Crippen molar-refractivity contribution in [2.24, 2.45) is 4.99 Å². The highest BCUT2D eigenvalue weighted by molar-refractivity contribution is 6.42. The van der Waals surface area contributed by atoms with E-state index in [1.54, 1.807) is 4.48 Å². The number of ether oxygens (including phenoxy) is 1. The van der Waals surface area contributed by atoms with E-state index in [1.807, 2.05) is 46.8 Å². The quantitative estimate of drug-likeness (QED) is 0.797. The summed E-state index contributed by atoms with van der Waals surface area (Å²) in [5.74, 6) is 0. The van der Waals surface area contributed by atoms with Crippen LogP contribution in [0.4, 0.5) is 4.32 Å². The van der Waals surface area contributed by atoms with E-state index in [2.05, 4.69) is 4.99 Å². The van der Waals surface area contributed by atoms with Gasteiger partial charge in [0.2, 0.25) is 0 Å². The van der Waals surface area contributed by atoms with Crippen molar-refractivity contribution >= 4 is 18.6 Å². The first kappa shape index (κ1) is 16.2. The van der Waals surface area contributed by atoms with Gasteiger partial charge in [-0.2, -0.15) is 0 Å². The number of hydrogen-bond donors (Lipinski definition) is 0. The molecule has 23 heavy (non-hydrogen) atoms. The summed E-state index contributed by atoms with van der Waals surface area (Å²) in [6, 6.07) is 1.98. The first-order chi connectivity index (χ1) is 10.9. The van der Waals surface area contributed by atoms with Crippen LogP contribution in [0.15, 0.2) is 28.4 Å². The Morgan fingerprint density at radius 3 is 2.57 bits per heavy atom. The molecule has 0 spiro atoms. The number of allylic oxidation sites excluding steroid dienone is 3. The highest BCUT2D eigenvalue weighted by Crippen LogP contribution is 2.32. The molecule has 122 valence electrons. The minimum absolute atomic E-state index is 0.165. The van der Waals surface area contributed by atoms with Crippen molar-refractivity contribution in [2.45, 2.75) is 40.7 Å². The van der Waals surface area contributed by atoms with E-state index in [0.717, 1.165) is 39.5 Å². The molecule has 0 amide bonds. The third-order valence-corrected chi connectivity index (χ3v) is 4.33. The first-order valence-electron chi connectivity index (χ1n) is 7.89. The molecule has 3 rings (SSSR count). The lowest BCUT2D eigenvalue weighted by Gasteiger charge is -2.28. The minimum atomic E-state index is -1.51.